The van der Waals surface area contributed by atoms with Gasteiger partial charge >= 0.3 is 0 Å². The molecule has 1 atom stereocenters. The van der Waals surface area contributed by atoms with Crippen LogP contribution in [0.3, 0.4) is 0 Å². The number of hydrogen-bond acceptors (Lipinski definition) is 3. The molecule has 0 bridgehead atoms. The van der Waals surface area contributed by atoms with Crippen LogP contribution < -0.4 is 10.7 Å². The molecule has 1 unspecified atom stereocenters. The molecule has 0 radical (unpaired) electrons. The van der Waals surface area contributed by atoms with Crippen molar-refractivity contribution in [1.29, 1.82) is 0 Å². The molecular weight excluding hydrogens is 268 g/mol. The average Bonchev–Trinajstić information content (AvgIpc) is 2.47. The van der Waals surface area contributed by atoms with E-state index in [2.05, 4.69) is 10.3 Å². The number of aromatic amines is 1. The van der Waals surface area contributed by atoms with E-state index in [4.69, 9.17) is 0 Å². The highest BCUT2D eigenvalue weighted by atomic mass is 16.3. The number of rotatable bonds is 5. The van der Waals surface area contributed by atoms with Crippen LogP contribution in [0, 0.1) is 5.92 Å². The highest BCUT2D eigenvalue weighted by Gasteiger charge is 2.14. The molecule has 2 rings (SSSR count). The van der Waals surface area contributed by atoms with Gasteiger partial charge in [0.15, 0.2) is 0 Å². The molecule has 0 saturated carbocycles. The maximum absolute atomic E-state index is 12.2. The van der Waals surface area contributed by atoms with E-state index >= 15 is 0 Å². The van der Waals surface area contributed by atoms with E-state index in [1.54, 1.807) is 18.2 Å². The molecule has 0 spiro atoms. The molecule has 1 heterocycles. The van der Waals surface area contributed by atoms with E-state index in [0.717, 1.165) is 0 Å². The second kappa shape index (κ2) is 6.54. The maximum atomic E-state index is 12.2. The van der Waals surface area contributed by atoms with Gasteiger partial charge in [0, 0.05) is 23.6 Å². The molecule has 1 amide bonds. The summed E-state index contributed by atoms with van der Waals surface area (Å²) in [7, 11) is 0. The number of hydrogen-bond donors (Lipinski definition) is 3. The van der Waals surface area contributed by atoms with Gasteiger partial charge in [-0.05, 0) is 24.5 Å². The van der Waals surface area contributed by atoms with Crippen molar-refractivity contribution < 1.29 is 9.90 Å². The van der Waals surface area contributed by atoms with Gasteiger partial charge in [-0.2, -0.15) is 0 Å². The summed E-state index contributed by atoms with van der Waals surface area (Å²) in [5.41, 5.74) is 0.508. The number of para-hydroxylation sites is 1. The highest BCUT2D eigenvalue weighted by molar-refractivity contribution is 5.97. The number of benzene rings is 1. The second-order valence-electron chi connectivity index (χ2n) is 5.43. The highest BCUT2D eigenvalue weighted by Crippen LogP contribution is 2.07. The largest absolute Gasteiger partial charge is 0.393 e. The number of aliphatic hydroxyl groups is 1. The van der Waals surface area contributed by atoms with Crippen LogP contribution >= 0.6 is 0 Å². The summed E-state index contributed by atoms with van der Waals surface area (Å²) in [6.45, 7) is 4.17. The maximum Gasteiger partial charge on any atom is 0.256 e. The lowest BCUT2D eigenvalue weighted by molar-refractivity contribution is 0.0919. The van der Waals surface area contributed by atoms with Gasteiger partial charge in [0.2, 0.25) is 5.43 Å². The number of nitrogens with one attached hydrogen (secondary N) is 2. The minimum atomic E-state index is -0.458. The molecule has 3 N–H and O–H groups in total. The van der Waals surface area contributed by atoms with Crippen molar-refractivity contribution in [2.75, 3.05) is 6.54 Å². The topological polar surface area (TPSA) is 82.2 Å². The summed E-state index contributed by atoms with van der Waals surface area (Å²) in [5.74, 6) is -0.274. The lowest BCUT2D eigenvalue weighted by Crippen LogP contribution is -2.32. The third kappa shape index (κ3) is 3.49. The standard InChI is InChI=1S/C16H20N2O3/c1-10(2)14(19)7-8-17-16(21)12-9-18-13-6-4-3-5-11(13)15(12)20/h3-6,9-10,14,19H,7-8H2,1-2H3,(H,17,21)(H,18,20). The quantitative estimate of drug-likeness (QED) is 0.782. The minimum Gasteiger partial charge on any atom is -0.393 e. The first-order chi connectivity index (χ1) is 10.0. The first kappa shape index (κ1) is 15.3. The molecule has 5 nitrogen and oxygen atoms in total. The summed E-state index contributed by atoms with van der Waals surface area (Å²) >= 11 is 0. The SMILES string of the molecule is CC(C)C(O)CCNC(=O)c1c[nH]c2ccccc2c1=O. The van der Waals surface area contributed by atoms with Crippen molar-refractivity contribution in [3.8, 4) is 0 Å². The Balaban J connectivity index is 2.10. The predicted octanol–water partition coefficient (Wildman–Crippen LogP) is 1.66. The molecule has 1 aromatic heterocycles. The molecule has 2 aromatic rings. The van der Waals surface area contributed by atoms with Crippen LogP contribution in [0.4, 0.5) is 0 Å². The monoisotopic (exact) mass is 288 g/mol. The van der Waals surface area contributed by atoms with E-state index in [-0.39, 0.29) is 16.9 Å². The van der Waals surface area contributed by atoms with Crippen molar-refractivity contribution in [3.63, 3.8) is 0 Å². The van der Waals surface area contributed by atoms with Gasteiger partial charge in [-0.25, -0.2) is 0 Å². The number of amides is 1. The van der Waals surface area contributed by atoms with Crippen LogP contribution in [0.2, 0.25) is 0 Å². The van der Waals surface area contributed by atoms with E-state index in [1.165, 1.54) is 6.20 Å². The first-order valence-corrected chi connectivity index (χ1v) is 7.07. The van der Waals surface area contributed by atoms with Crippen molar-refractivity contribution >= 4 is 16.8 Å². The van der Waals surface area contributed by atoms with Crippen LogP contribution in [-0.2, 0) is 0 Å². The number of carbonyl (C=O) groups is 1. The summed E-state index contributed by atoms with van der Waals surface area (Å²) in [6.07, 6.45) is 1.44. The smallest absolute Gasteiger partial charge is 0.256 e. The van der Waals surface area contributed by atoms with Crippen molar-refractivity contribution in [2.24, 2.45) is 5.92 Å². The lowest BCUT2D eigenvalue weighted by Gasteiger charge is -2.14. The van der Waals surface area contributed by atoms with Gasteiger partial charge in [0.25, 0.3) is 5.91 Å². The normalized spacial score (nSPS) is 12.6. The van der Waals surface area contributed by atoms with Gasteiger partial charge in [-0.3, -0.25) is 9.59 Å². The molecular formula is C16H20N2O3. The van der Waals surface area contributed by atoms with Gasteiger partial charge < -0.3 is 15.4 Å². The van der Waals surface area contributed by atoms with Gasteiger partial charge in [-0.15, -0.1) is 0 Å². The molecule has 5 heteroatoms. The lowest BCUT2D eigenvalue weighted by atomic mass is 10.0. The van der Waals surface area contributed by atoms with E-state index in [1.807, 2.05) is 19.9 Å². The number of H-pyrrole nitrogens is 1. The molecule has 1 aromatic carbocycles. The zero-order valence-electron chi connectivity index (χ0n) is 12.2. The third-order valence-electron chi connectivity index (χ3n) is 3.53. The Labute approximate surface area is 123 Å². The molecule has 0 aliphatic heterocycles. The van der Waals surface area contributed by atoms with E-state index in [9.17, 15) is 14.7 Å². The number of aliphatic hydroxyl groups excluding tert-OH is 1. The Morgan fingerprint density at radius 3 is 2.76 bits per heavy atom. The number of carbonyl (C=O) groups excluding carboxylic acids is 1. The fraction of sp³-hybridized carbons (Fsp3) is 0.375. The van der Waals surface area contributed by atoms with Crippen molar-refractivity contribution in [2.45, 2.75) is 26.4 Å². The average molecular weight is 288 g/mol. The number of pyridine rings is 1. The second-order valence-corrected chi connectivity index (χ2v) is 5.43. The number of aromatic nitrogens is 1. The van der Waals surface area contributed by atoms with Crippen LogP contribution in [0.5, 0.6) is 0 Å². The molecule has 0 aliphatic rings. The Kier molecular flexibility index (Phi) is 4.75. The van der Waals surface area contributed by atoms with Crippen LogP contribution in [0.25, 0.3) is 10.9 Å². The Hall–Kier alpha value is -2.14. The van der Waals surface area contributed by atoms with Crippen LogP contribution in [-0.4, -0.2) is 28.6 Å². The fourth-order valence-electron chi connectivity index (χ4n) is 2.10. The molecule has 0 saturated heterocycles. The van der Waals surface area contributed by atoms with Crippen molar-refractivity contribution in [3.05, 3.63) is 46.2 Å². The van der Waals surface area contributed by atoms with Gasteiger partial charge in [0.05, 0.1) is 6.10 Å². The fourth-order valence-corrected chi connectivity index (χ4v) is 2.10. The molecule has 0 fully saturated rings. The summed E-state index contributed by atoms with van der Waals surface area (Å²) < 4.78 is 0. The van der Waals surface area contributed by atoms with Crippen molar-refractivity contribution in [1.82, 2.24) is 10.3 Å². The van der Waals surface area contributed by atoms with E-state index < -0.39 is 12.0 Å². The van der Waals surface area contributed by atoms with Gasteiger partial charge in [-0.1, -0.05) is 26.0 Å². The number of fused-ring (bicyclic) bond motifs is 1. The summed E-state index contributed by atoms with van der Waals surface area (Å²) in [6, 6.07) is 7.06. The Morgan fingerprint density at radius 2 is 2.05 bits per heavy atom. The zero-order chi connectivity index (χ0) is 15.4. The Morgan fingerprint density at radius 1 is 1.33 bits per heavy atom. The minimum absolute atomic E-state index is 0.0905. The van der Waals surface area contributed by atoms with Crippen LogP contribution in [0.1, 0.15) is 30.6 Å². The molecule has 0 aliphatic carbocycles. The summed E-state index contributed by atoms with van der Waals surface area (Å²) in [5, 5.41) is 12.9. The first-order valence-electron chi connectivity index (χ1n) is 7.07. The van der Waals surface area contributed by atoms with Crippen LogP contribution in [0.15, 0.2) is 35.3 Å². The Bertz CT molecular complexity index is 691. The zero-order valence-corrected chi connectivity index (χ0v) is 12.2. The molecule has 21 heavy (non-hydrogen) atoms. The van der Waals surface area contributed by atoms with Gasteiger partial charge in [0.1, 0.15) is 5.56 Å². The predicted molar refractivity (Wildman–Crippen MR) is 82.4 cm³/mol. The third-order valence-corrected chi connectivity index (χ3v) is 3.53. The summed E-state index contributed by atoms with van der Waals surface area (Å²) in [4.78, 5) is 27.2. The van der Waals surface area contributed by atoms with E-state index in [0.29, 0.717) is 23.9 Å². The molecule has 112 valence electrons.